The summed E-state index contributed by atoms with van der Waals surface area (Å²) in [5.74, 6) is 0.508. The van der Waals surface area contributed by atoms with Crippen molar-refractivity contribution in [3.8, 4) is 11.4 Å². The highest BCUT2D eigenvalue weighted by Crippen LogP contribution is 2.19. The van der Waals surface area contributed by atoms with E-state index in [0.717, 1.165) is 5.56 Å². The summed E-state index contributed by atoms with van der Waals surface area (Å²) in [4.78, 5) is 27.0. The van der Waals surface area contributed by atoms with Gasteiger partial charge in [-0.25, -0.2) is 4.98 Å². The summed E-state index contributed by atoms with van der Waals surface area (Å²) in [5.41, 5.74) is 2.13. The van der Waals surface area contributed by atoms with Crippen LogP contribution in [-0.2, 0) is 14.3 Å². The molecule has 0 aliphatic heterocycles. The maximum Gasteiger partial charge on any atom is 0.305 e. The number of amides is 1. The summed E-state index contributed by atoms with van der Waals surface area (Å²) in [6.07, 6.45) is 0.853. The molecule has 24 heavy (non-hydrogen) atoms. The number of benzene rings is 1. The standard InChI is InChI=1S/C16H20N4O3S/c1-11-5-7-12(8-6-11)15-18-16(20-19-15)24-10-13(21)17-9-3-4-14(22)23-2/h5-8H,3-4,9-10H2,1-2H3,(H,17,21)(H,18,19,20). The van der Waals surface area contributed by atoms with Gasteiger partial charge in [0.05, 0.1) is 12.9 Å². The van der Waals surface area contributed by atoms with Gasteiger partial charge in [-0.15, -0.1) is 5.10 Å². The lowest BCUT2D eigenvalue weighted by Gasteiger charge is -2.03. The predicted molar refractivity (Wildman–Crippen MR) is 91.5 cm³/mol. The molecule has 1 aromatic heterocycles. The quantitative estimate of drug-likeness (QED) is 0.430. The van der Waals surface area contributed by atoms with Crippen LogP contribution in [-0.4, -0.2) is 46.5 Å². The zero-order valence-corrected chi connectivity index (χ0v) is 14.5. The number of aromatic amines is 1. The summed E-state index contributed by atoms with van der Waals surface area (Å²) >= 11 is 1.26. The second-order valence-corrected chi connectivity index (χ2v) is 6.09. The van der Waals surface area contributed by atoms with Crippen molar-refractivity contribution in [3.05, 3.63) is 29.8 Å². The molecule has 0 aliphatic carbocycles. The highest BCUT2D eigenvalue weighted by Gasteiger charge is 2.09. The van der Waals surface area contributed by atoms with E-state index in [1.54, 1.807) is 0 Å². The van der Waals surface area contributed by atoms with Crippen LogP contribution in [0.25, 0.3) is 11.4 Å². The number of hydrogen-bond acceptors (Lipinski definition) is 6. The van der Waals surface area contributed by atoms with Crippen LogP contribution in [0.4, 0.5) is 0 Å². The van der Waals surface area contributed by atoms with Gasteiger partial charge in [0.15, 0.2) is 5.82 Å². The third-order valence-electron chi connectivity index (χ3n) is 3.23. The molecule has 1 heterocycles. The fraction of sp³-hybridized carbons (Fsp3) is 0.375. The average molecular weight is 348 g/mol. The molecule has 0 spiro atoms. The number of carbonyl (C=O) groups excluding carboxylic acids is 2. The smallest absolute Gasteiger partial charge is 0.305 e. The highest BCUT2D eigenvalue weighted by molar-refractivity contribution is 7.99. The summed E-state index contributed by atoms with van der Waals surface area (Å²) in [6.45, 7) is 2.46. The first-order valence-corrected chi connectivity index (χ1v) is 8.53. The monoisotopic (exact) mass is 348 g/mol. The van der Waals surface area contributed by atoms with Crippen LogP contribution in [0.2, 0.25) is 0 Å². The molecular formula is C16H20N4O3S. The SMILES string of the molecule is COC(=O)CCCNC(=O)CSc1n[nH]c(-c2ccc(C)cc2)n1. The van der Waals surface area contributed by atoms with E-state index in [0.29, 0.717) is 30.4 Å². The van der Waals surface area contributed by atoms with E-state index >= 15 is 0 Å². The van der Waals surface area contributed by atoms with Crippen LogP contribution in [0.1, 0.15) is 18.4 Å². The molecule has 0 aliphatic rings. The third-order valence-corrected chi connectivity index (χ3v) is 4.08. The molecule has 0 radical (unpaired) electrons. The number of methoxy groups -OCH3 is 1. The van der Waals surface area contributed by atoms with Crippen molar-refractivity contribution in [2.45, 2.75) is 24.9 Å². The van der Waals surface area contributed by atoms with Crippen molar-refractivity contribution in [1.29, 1.82) is 0 Å². The van der Waals surface area contributed by atoms with Crippen molar-refractivity contribution in [3.63, 3.8) is 0 Å². The zero-order chi connectivity index (χ0) is 17.4. The van der Waals surface area contributed by atoms with Gasteiger partial charge in [-0.3, -0.25) is 14.7 Å². The second-order valence-electron chi connectivity index (χ2n) is 5.15. The highest BCUT2D eigenvalue weighted by atomic mass is 32.2. The first-order valence-electron chi connectivity index (χ1n) is 7.54. The number of hydrogen-bond donors (Lipinski definition) is 2. The van der Waals surface area contributed by atoms with Crippen molar-refractivity contribution in [2.24, 2.45) is 0 Å². The van der Waals surface area contributed by atoms with Gasteiger partial charge in [-0.1, -0.05) is 41.6 Å². The Balaban J connectivity index is 1.73. The van der Waals surface area contributed by atoms with Gasteiger partial charge in [-0.2, -0.15) is 0 Å². The normalized spacial score (nSPS) is 10.4. The van der Waals surface area contributed by atoms with Gasteiger partial charge in [0.1, 0.15) is 0 Å². The number of nitrogens with one attached hydrogen (secondary N) is 2. The second kappa shape index (κ2) is 9.07. The summed E-state index contributed by atoms with van der Waals surface area (Å²) < 4.78 is 4.53. The van der Waals surface area contributed by atoms with Crippen molar-refractivity contribution in [1.82, 2.24) is 20.5 Å². The van der Waals surface area contributed by atoms with E-state index in [-0.39, 0.29) is 17.6 Å². The molecule has 0 fully saturated rings. The van der Waals surface area contributed by atoms with Crippen molar-refractivity contribution < 1.29 is 14.3 Å². The predicted octanol–water partition coefficient (Wildman–Crippen LogP) is 1.94. The Kier molecular flexibility index (Phi) is 6.80. The van der Waals surface area contributed by atoms with Crippen LogP contribution in [0.3, 0.4) is 0 Å². The number of ether oxygens (including phenoxy) is 1. The van der Waals surface area contributed by atoms with E-state index in [4.69, 9.17) is 0 Å². The van der Waals surface area contributed by atoms with E-state index in [2.05, 4.69) is 25.2 Å². The van der Waals surface area contributed by atoms with Gasteiger partial charge >= 0.3 is 5.97 Å². The number of aromatic nitrogens is 3. The molecule has 2 rings (SSSR count). The van der Waals surface area contributed by atoms with E-state index in [1.807, 2.05) is 31.2 Å². The molecule has 1 aromatic carbocycles. The minimum absolute atomic E-state index is 0.119. The topological polar surface area (TPSA) is 97.0 Å². The molecule has 0 atom stereocenters. The van der Waals surface area contributed by atoms with Crippen molar-refractivity contribution >= 4 is 23.6 Å². The number of esters is 1. The molecule has 8 heteroatoms. The van der Waals surface area contributed by atoms with Crippen LogP contribution in [0, 0.1) is 6.92 Å². The maximum absolute atomic E-state index is 11.7. The lowest BCUT2D eigenvalue weighted by molar-refractivity contribution is -0.140. The van der Waals surface area contributed by atoms with Gasteiger partial charge in [-0.05, 0) is 13.3 Å². The van der Waals surface area contributed by atoms with Crippen LogP contribution in [0.5, 0.6) is 0 Å². The molecular weight excluding hydrogens is 328 g/mol. The third kappa shape index (κ3) is 5.69. The molecule has 0 bridgehead atoms. The number of aryl methyl sites for hydroxylation is 1. The molecule has 2 N–H and O–H groups in total. The molecule has 0 unspecified atom stereocenters. The number of H-pyrrole nitrogens is 1. The average Bonchev–Trinajstić information content (AvgIpc) is 3.06. The Morgan fingerprint density at radius 1 is 1.29 bits per heavy atom. The first kappa shape index (κ1) is 18.0. The molecule has 128 valence electrons. The van der Waals surface area contributed by atoms with Gasteiger partial charge in [0.2, 0.25) is 11.1 Å². The Hall–Kier alpha value is -2.35. The fourth-order valence-electron chi connectivity index (χ4n) is 1.90. The number of nitrogens with zero attached hydrogens (tertiary/aromatic N) is 2. The Bertz CT molecular complexity index is 685. The number of carbonyl (C=O) groups is 2. The lowest BCUT2D eigenvalue weighted by atomic mass is 10.1. The maximum atomic E-state index is 11.7. The summed E-state index contributed by atoms with van der Waals surface area (Å²) in [7, 11) is 1.35. The molecule has 0 saturated heterocycles. The van der Waals surface area contributed by atoms with E-state index < -0.39 is 0 Å². The summed E-state index contributed by atoms with van der Waals surface area (Å²) in [5, 5.41) is 10.2. The van der Waals surface area contributed by atoms with Crippen LogP contribution < -0.4 is 5.32 Å². The molecule has 1 amide bonds. The summed E-state index contributed by atoms with van der Waals surface area (Å²) in [6, 6.07) is 7.95. The first-order chi connectivity index (χ1) is 11.6. The Morgan fingerprint density at radius 2 is 2.04 bits per heavy atom. The molecule has 7 nitrogen and oxygen atoms in total. The Morgan fingerprint density at radius 3 is 2.75 bits per heavy atom. The van der Waals surface area contributed by atoms with Gasteiger partial charge < -0.3 is 10.1 Å². The van der Waals surface area contributed by atoms with Crippen LogP contribution in [0.15, 0.2) is 29.4 Å². The number of thioether (sulfide) groups is 1. The van der Waals surface area contributed by atoms with E-state index in [9.17, 15) is 9.59 Å². The van der Waals surface area contributed by atoms with Gasteiger partial charge in [0.25, 0.3) is 0 Å². The fourth-order valence-corrected chi connectivity index (χ4v) is 2.52. The minimum atomic E-state index is -0.275. The zero-order valence-electron chi connectivity index (χ0n) is 13.7. The molecule has 2 aromatic rings. The van der Waals surface area contributed by atoms with Crippen LogP contribution >= 0.6 is 11.8 Å². The number of rotatable bonds is 8. The van der Waals surface area contributed by atoms with Gasteiger partial charge in [0, 0.05) is 18.5 Å². The van der Waals surface area contributed by atoms with Crippen molar-refractivity contribution in [2.75, 3.05) is 19.4 Å². The minimum Gasteiger partial charge on any atom is -0.469 e. The molecule has 0 saturated carbocycles. The van der Waals surface area contributed by atoms with E-state index in [1.165, 1.54) is 24.4 Å². The Labute approximate surface area is 144 Å². The largest absolute Gasteiger partial charge is 0.469 e. The lowest BCUT2D eigenvalue weighted by Crippen LogP contribution is -2.26.